The summed E-state index contributed by atoms with van der Waals surface area (Å²) in [5.41, 5.74) is 0.558. The molecule has 0 atom stereocenters. The Morgan fingerprint density at radius 1 is 1.12 bits per heavy atom. The minimum atomic E-state index is 0.558. The van der Waals surface area contributed by atoms with Crippen molar-refractivity contribution in [2.24, 2.45) is 17.3 Å². The van der Waals surface area contributed by atoms with E-state index >= 15 is 0 Å². The number of nitrogens with one attached hydrogen (secondary N) is 1. The van der Waals surface area contributed by atoms with Crippen molar-refractivity contribution >= 4 is 0 Å². The van der Waals surface area contributed by atoms with Gasteiger partial charge in [-0.3, -0.25) is 0 Å². The zero-order valence-corrected chi connectivity index (χ0v) is 12.7. The molecular formula is C16H33N. The van der Waals surface area contributed by atoms with Crippen molar-refractivity contribution in [2.45, 2.75) is 79.2 Å². The molecule has 0 amide bonds. The summed E-state index contributed by atoms with van der Waals surface area (Å²) in [5.74, 6) is 1.79. The molecule has 0 bridgehead atoms. The lowest BCUT2D eigenvalue weighted by atomic mass is 9.69. The van der Waals surface area contributed by atoms with Crippen LogP contribution >= 0.6 is 0 Å². The molecule has 17 heavy (non-hydrogen) atoms. The van der Waals surface area contributed by atoms with E-state index in [-0.39, 0.29) is 0 Å². The van der Waals surface area contributed by atoms with E-state index in [2.05, 4.69) is 39.9 Å². The topological polar surface area (TPSA) is 12.0 Å². The number of hydrogen-bond acceptors (Lipinski definition) is 1. The Kier molecular flexibility index (Phi) is 5.99. The van der Waals surface area contributed by atoms with Crippen LogP contribution in [0.15, 0.2) is 0 Å². The summed E-state index contributed by atoms with van der Waals surface area (Å²) < 4.78 is 0. The minimum absolute atomic E-state index is 0.558. The molecule has 0 unspecified atom stereocenters. The molecule has 1 saturated carbocycles. The maximum Gasteiger partial charge on any atom is 0.00672 e. The first-order valence-electron chi connectivity index (χ1n) is 7.69. The molecule has 102 valence electrons. The summed E-state index contributed by atoms with van der Waals surface area (Å²) in [4.78, 5) is 0. The zero-order chi connectivity index (χ0) is 12.9. The second kappa shape index (κ2) is 6.78. The van der Waals surface area contributed by atoms with Gasteiger partial charge < -0.3 is 5.32 Å². The molecule has 0 spiro atoms. The quantitative estimate of drug-likeness (QED) is 0.713. The lowest BCUT2D eigenvalue weighted by Crippen LogP contribution is -2.37. The van der Waals surface area contributed by atoms with Crippen molar-refractivity contribution in [1.29, 1.82) is 0 Å². The third-order valence-corrected chi connectivity index (χ3v) is 4.90. The van der Waals surface area contributed by atoms with Crippen molar-refractivity contribution in [1.82, 2.24) is 5.32 Å². The van der Waals surface area contributed by atoms with Crippen LogP contribution in [0.4, 0.5) is 0 Å². The first kappa shape index (κ1) is 15.0. The first-order valence-corrected chi connectivity index (χ1v) is 7.69. The van der Waals surface area contributed by atoms with Crippen LogP contribution in [0.25, 0.3) is 0 Å². The van der Waals surface area contributed by atoms with Crippen molar-refractivity contribution < 1.29 is 0 Å². The molecule has 0 radical (unpaired) electrons. The predicted molar refractivity (Wildman–Crippen MR) is 77.3 cm³/mol. The second-order valence-corrected chi connectivity index (χ2v) is 7.03. The van der Waals surface area contributed by atoms with E-state index in [4.69, 9.17) is 0 Å². The lowest BCUT2D eigenvalue weighted by molar-refractivity contribution is 0.137. The van der Waals surface area contributed by atoms with Gasteiger partial charge in [0.2, 0.25) is 0 Å². The van der Waals surface area contributed by atoms with Crippen LogP contribution in [0.1, 0.15) is 73.1 Å². The summed E-state index contributed by atoms with van der Waals surface area (Å²) in [6, 6.07) is 0.803. The Balaban J connectivity index is 2.22. The van der Waals surface area contributed by atoms with E-state index in [0.717, 1.165) is 17.9 Å². The highest BCUT2D eigenvalue weighted by molar-refractivity contribution is 4.84. The normalized spacial score (nSPS) is 26.5. The fraction of sp³-hybridized carbons (Fsp3) is 1.00. The zero-order valence-electron chi connectivity index (χ0n) is 12.7. The van der Waals surface area contributed by atoms with Gasteiger partial charge in [0.25, 0.3) is 0 Å². The third kappa shape index (κ3) is 4.99. The SMILES string of the molecule is CCC(C)(C)C1CCC(NCCC(C)C)CC1. The third-order valence-electron chi connectivity index (χ3n) is 4.90. The number of rotatable bonds is 6. The van der Waals surface area contributed by atoms with Crippen LogP contribution in [0.5, 0.6) is 0 Å². The van der Waals surface area contributed by atoms with Crippen molar-refractivity contribution in [2.75, 3.05) is 6.54 Å². The van der Waals surface area contributed by atoms with Gasteiger partial charge in [-0.2, -0.15) is 0 Å². The molecule has 1 aliphatic rings. The van der Waals surface area contributed by atoms with Crippen LogP contribution in [0.3, 0.4) is 0 Å². The van der Waals surface area contributed by atoms with E-state index in [1.54, 1.807) is 0 Å². The monoisotopic (exact) mass is 239 g/mol. The highest BCUT2D eigenvalue weighted by Gasteiger charge is 2.31. The summed E-state index contributed by atoms with van der Waals surface area (Å²) in [6.45, 7) is 13.1. The molecular weight excluding hydrogens is 206 g/mol. The van der Waals surface area contributed by atoms with E-state index in [0.29, 0.717) is 5.41 Å². The van der Waals surface area contributed by atoms with Crippen LogP contribution in [0.2, 0.25) is 0 Å². The van der Waals surface area contributed by atoms with Gasteiger partial charge in [-0.05, 0) is 55.9 Å². The van der Waals surface area contributed by atoms with E-state index in [1.807, 2.05) is 0 Å². The van der Waals surface area contributed by atoms with E-state index in [9.17, 15) is 0 Å². The highest BCUT2D eigenvalue weighted by atomic mass is 14.9. The van der Waals surface area contributed by atoms with E-state index < -0.39 is 0 Å². The average molecular weight is 239 g/mol. The molecule has 1 fully saturated rings. The van der Waals surface area contributed by atoms with Crippen molar-refractivity contribution in [3.8, 4) is 0 Å². The fourth-order valence-corrected chi connectivity index (χ4v) is 2.94. The summed E-state index contributed by atoms with van der Waals surface area (Å²) in [5, 5.41) is 3.74. The van der Waals surface area contributed by atoms with Gasteiger partial charge in [-0.25, -0.2) is 0 Å². The van der Waals surface area contributed by atoms with E-state index in [1.165, 1.54) is 45.1 Å². The van der Waals surface area contributed by atoms with Crippen LogP contribution < -0.4 is 5.32 Å². The van der Waals surface area contributed by atoms with Crippen LogP contribution in [-0.2, 0) is 0 Å². The Hall–Kier alpha value is -0.0400. The summed E-state index contributed by atoms with van der Waals surface area (Å²) in [6.07, 6.45) is 8.29. The van der Waals surface area contributed by atoms with Gasteiger partial charge >= 0.3 is 0 Å². The van der Waals surface area contributed by atoms with Crippen LogP contribution in [-0.4, -0.2) is 12.6 Å². The van der Waals surface area contributed by atoms with Gasteiger partial charge in [-0.15, -0.1) is 0 Å². The predicted octanol–water partition coefficient (Wildman–Crippen LogP) is 4.62. The Bertz CT molecular complexity index is 200. The summed E-state index contributed by atoms with van der Waals surface area (Å²) in [7, 11) is 0. The highest BCUT2D eigenvalue weighted by Crippen LogP contribution is 2.40. The van der Waals surface area contributed by atoms with Gasteiger partial charge in [0, 0.05) is 6.04 Å². The minimum Gasteiger partial charge on any atom is -0.314 e. The van der Waals surface area contributed by atoms with Gasteiger partial charge in [-0.1, -0.05) is 41.0 Å². The molecule has 1 aliphatic carbocycles. The second-order valence-electron chi connectivity index (χ2n) is 7.03. The number of hydrogen-bond donors (Lipinski definition) is 1. The smallest absolute Gasteiger partial charge is 0.00672 e. The molecule has 0 aromatic rings. The maximum absolute atomic E-state index is 3.74. The van der Waals surface area contributed by atoms with Crippen molar-refractivity contribution in [3.05, 3.63) is 0 Å². The molecule has 1 rings (SSSR count). The molecule has 1 nitrogen and oxygen atoms in total. The molecule has 0 aromatic carbocycles. The molecule has 1 N–H and O–H groups in total. The fourth-order valence-electron chi connectivity index (χ4n) is 2.94. The summed E-state index contributed by atoms with van der Waals surface area (Å²) >= 11 is 0. The largest absolute Gasteiger partial charge is 0.314 e. The maximum atomic E-state index is 3.74. The molecule has 0 aliphatic heterocycles. The Morgan fingerprint density at radius 3 is 2.18 bits per heavy atom. The standard InChI is InChI=1S/C16H33N/c1-6-16(4,5)14-7-9-15(10-8-14)17-12-11-13(2)3/h13-15,17H,6-12H2,1-5H3. The Labute approximate surface area is 109 Å². The molecule has 1 heteroatoms. The van der Waals surface area contributed by atoms with Gasteiger partial charge in [0.1, 0.15) is 0 Å². The first-order chi connectivity index (χ1) is 7.95. The lowest BCUT2D eigenvalue weighted by Gasteiger charge is -2.39. The van der Waals surface area contributed by atoms with Gasteiger partial charge in [0.05, 0.1) is 0 Å². The van der Waals surface area contributed by atoms with Crippen molar-refractivity contribution in [3.63, 3.8) is 0 Å². The van der Waals surface area contributed by atoms with Crippen LogP contribution in [0, 0.1) is 17.3 Å². The molecule has 0 saturated heterocycles. The Morgan fingerprint density at radius 2 is 1.71 bits per heavy atom. The molecule has 0 aromatic heterocycles. The average Bonchev–Trinajstić information content (AvgIpc) is 2.29. The van der Waals surface area contributed by atoms with Gasteiger partial charge in [0.15, 0.2) is 0 Å². The molecule has 0 heterocycles.